The van der Waals surface area contributed by atoms with Crippen LogP contribution < -0.4 is 5.32 Å². The van der Waals surface area contributed by atoms with Crippen molar-refractivity contribution in [2.45, 2.75) is 82.8 Å². The number of para-hydroxylation sites is 1. The SMILES string of the molecule is O=C(c1cc2ccccc2o1)N1CCC(N[C@H](Cc2ccc(Cl)cc2)C(=O)N2CCC(Cn3cncn3)(C3CCCCC3)CC2)CC1. The summed E-state index contributed by atoms with van der Waals surface area (Å²) >= 11 is 6.20. The van der Waals surface area contributed by atoms with E-state index in [9.17, 15) is 9.59 Å². The summed E-state index contributed by atoms with van der Waals surface area (Å²) in [6.07, 6.45) is 14.0. The lowest BCUT2D eigenvalue weighted by molar-refractivity contribution is -0.137. The molecule has 1 N–H and O–H groups in total. The lowest BCUT2D eigenvalue weighted by Gasteiger charge is -2.48. The lowest BCUT2D eigenvalue weighted by Crippen LogP contribution is -2.56. The number of nitrogens with zero attached hydrogens (tertiary/aromatic N) is 5. The van der Waals surface area contributed by atoms with Crippen LogP contribution in [0.25, 0.3) is 11.0 Å². The van der Waals surface area contributed by atoms with Gasteiger partial charge in [-0.2, -0.15) is 5.10 Å². The minimum absolute atomic E-state index is 0.0749. The number of aromatic nitrogens is 3. The molecule has 1 saturated carbocycles. The molecule has 3 fully saturated rings. The number of amides is 2. The number of furan rings is 1. The maximum Gasteiger partial charge on any atom is 0.289 e. The molecule has 2 aromatic carbocycles. The zero-order chi connectivity index (χ0) is 32.2. The van der Waals surface area contributed by atoms with Crippen LogP contribution in [0.4, 0.5) is 0 Å². The first kappa shape index (κ1) is 31.9. The van der Waals surface area contributed by atoms with Crippen LogP contribution >= 0.6 is 11.6 Å². The predicted octanol–water partition coefficient (Wildman–Crippen LogP) is 6.37. The first-order valence-electron chi connectivity index (χ1n) is 17.4. The topological polar surface area (TPSA) is 96.5 Å². The van der Waals surface area contributed by atoms with Crippen LogP contribution in [-0.2, 0) is 17.8 Å². The molecule has 7 rings (SSSR count). The zero-order valence-electron chi connectivity index (χ0n) is 27.0. The Balaban J connectivity index is 1.01. The van der Waals surface area contributed by atoms with Gasteiger partial charge in [-0.05, 0) is 86.1 Å². The van der Waals surface area contributed by atoms with Gasteiger partial charge in [0.1, 0.15) is 18.2 Å². The number of hydrogen-bond acceptors (Lipinski definition) is 6. The second kappa shape index (κ2) is 14.2. The van der Waals surface area contributed by atoms with E-state index in [1.54, 1.807) is 6.33 Å². The summed E-state index contributed by atoms with van der Waals surface area (Å²) in [4.78, 5) is 35.8. The molecular formula is C37H45ClN6O3. The molecule has 9 nitrogen and oxygen atoms in total. The van der Waals surface area contributed by atoms with Gasteiger partial charge in [-0.25, -0.2) is 4.98 Å². The summed E-state index contributed by atoms with van der Waals surface area (Å²) in [6.45, 7) is 3.62. The number of carbonyl (C=O) groups is 2. The molecule has 1 aliphatic carbocycles. The maximum atomic E-state index is 14.3. The fraction of sp³-hybridized carbons (Fsp3) is 0.514. The van der Waals surface area contributed by atoms with Crippen LogP contribution in [0.1, 0.15) is 73.9 Å². The number of rotatable bonds is 9. The van der Waals surface area contributed by atoms with Crippen molar-refractivity contribution in [2.24, 2.45) is 11.3 Å². The molecule has 0 unspecified atom stereocenters. The Kier molecular flexibility index (Phi) is 9.63. The summed E-state index contributed by atoms with van der Waals surface area (Å²) in [5.41, 5.74) is 1.95. The number of piperidine rings is 2. The molecule has 2 amide bonds. The number of fused-ring (bicyclic) bond motifs is 1. The minimum Gasteiger partial charge on any atom is -0.451 e. The lowest BCUT2D eigenvalue weighted by atomic mass is 9.63. The van der Waals surface area contributed by atoms with Gasteiger partial charge < -0.3 is 19.5 Å². The third-order valence-corrected chi connectivity index (χ3v) is 11.2. The highest BCUT2D eigenvalue weighted by Crippen LogP contribution is 2.47. The van der Waals surface area contributed by atoms with Gasteiger partial charge in [-0.15, -0.1) is 0 Å². The summed E-state index contributed by atoms with van der Waals surface area (Å²) in [5.74, 6) is 1.13. The molecule has 4 aromatic rings. The Hall–Kier alpha value is -3.69. The van der Waals surface area contributed by atoms with Crippen molar-refractivity contribution >= 4 is 34.4 Å². The molecule has 0 bridgehead atoms. The van der Waals surface area contributed by atoms with Crippen molar-refractivity contribution in [1.29, 1.82) is 0 Å². The minimum atomic E-state index is -0.351. The molecule has 0 spiro atoms. The van der Waals surface area contributed by atoms with Crippen molar-refractivity contribution < 1.29 is 14.0 Å². The van der Waals surface area contributed by atoms with Crippen LogP contribution in [-0.4, -0.2) is 74.6 Å². The fourth-order valence-corrected chi connectivity index (χ4v) is 8.42. The number of likely N-dealkylation sites (tertiary alicyclic amines) is 2. The molecule has 2 saturated heterocycles. The van der Waals surface area contributed by atoms with Gasteiger partial charge >= 0.3 is 0 Å². The van der Waals surface area contributed by atoms with Gasteiger partial charge in [-0.1, -0.05) is 61.2 Å². The second-order valence-corrected chi connectivity index (χ2v) is 14.3. The summed E-state index contributed by atoms with van der Waals surface area (Å²) < 4.78 is 7.86. The highest BCUT2D eigenvalue weighted by atomic mass is 35.5. The molecule has 10 heteroatoms. The van der Waals surface area contributed by atoms with E-state index < -0.39 is 0 Å². The Morgan fingerprint density at radius 3 is 2.38 bits per heavy atom. The van der Waals surface area contributed by atoms with E-state index in [1.165, 1.54) is 32.1 Å². The van der Waals surface area contributed by atoms with Crippen molar-refractivity contribution in [3.63, 3.8) is 0 Å². The molecule has 2 aliphatic heterocycles. The van der Waals surface area contributed by atoms with E-state index in [1.807, 2.05) is 70.5 Å². The normalized spacial score (nSPS) is 20.0. The number of carbonyl (C=O) groups excluding carboxylic acids is 2. The second-order valence-electron chi connectivity index (χ2n) is 13.9. The summed E-state index contributed by atoms with van der Waals surface area (Å²) in [5, 5.41) is 9.84. The van der Waals surface area contributed by atoms with E-state index in [4.69, 9.17) is 16.0 Å². The Bertz CT molecular complexity index is 1600. The average molecular weight is 657 g/mol. The highest BCUT2D eigenvalue weighted by Gasteiger charge is 2.44. The monoisotopic (exact) mass is 656 g/mol. The van der Waals surface area contributed by atoms with Crippen molar-refractivity contribution in [3.8, 4) is 0 Å². The van der Waals surface area contributed by atoms with Crippen LogP contribution in [0, 0.1) is 11.3 Å². The van der Waals surface area contributed by atoms with Gasteiger partial charge in [0.05, 0.1) is 6.04 Å². The van der Waals surface area contributed by atoms with E-state index in [-0.39, 0.29) is 29.3 Å². The third kappa shape index (κ3) is 7.26. The molecular weight excluding hydrogens is 612 g/mol. The maximum absolute atomic E-state index is 14.3. The van der Waals surface area contributed by atoms with Crippen LogP contribution in [0.3, 0.4) is 0 Å². The number of nitrogens with one attached hydrogen (secondary N) is 1. The Labute approximate surface area is 281 Å². The molecule has 0 radical (unpaired) electrons. The smallest absolute Gasteiger partial charge is 0.289 e. The van der Waals surface area contributed by atoms with Gasteiger partial charge in [0.25, 0.3) is 5.91 Å². The van der Waals surface area contributed by atoms with Crippen molar-refractivity contribution in [1.82, 2.24) is 29.9 Å². The molecule has 47 heavy (non-hydrogen) atoms. The number of hydrogen-bond donors (Lipinski definition) is 1. The number of benzene rings is 2. The first-order valence-corrected chi connectivity index (χ1v) is 17.7. The zero-order valence-corrected chi connectivity index (χ0v) is 27.8. The molecule has 4 heterocycles. The molecule has 2 aromatic heterocycles. The van der Waals surface area contributed by atoms with Crippen LogP contribution in [0.2, 0.25) is 5.02 Å². The first-order chi connectivity index (χ1) is 23.0. The van der Waals surface area contributed by atoms with Gasteiger partial charge in [0.2, 0.25) is 5.91 Å². The molecule has 1 atom stereocenters. The third-order valence-electron chi connectivity index (χ3n) is 11.0. The summed E-state index contributed by atoms with van der Waals surface area (Å²) in [6, 6.07) is 17.1. The fourth-order valence-electron chi connectivity index (χ4n) is 8.29. The quantitative estimate of drug-likeness (QED) is 0.225. The van der Waals surface area contributed by atoms with E-state index in [0.717, 1.165) is 61.9 Å². The van der Waals surface area contributed by atoms with Crippen LogP contribution in [0.15, 0.2) is 71.7 Å². The average Bonchev–Trinajstić information content (AvgIpc) is 3.79. The van der Waals surface area contributed by atoms with Crippen LogP contribution in [0.5, 0.6) is 0 Å². The van der Waals surface area contributed by atoms with Crippen molar-refractivity contribution in [2.75, 3.05) is 26.2 Å². The van der Waals surface area contributed by atoms with Gasteiger partial charge in [0, 0.05) is 49.2 Å². The number of halogens is 1. The standard InChI is InChI=1S/C37H45ClN6O3/c38-30-12-10-27(11-13-30)22-32(41-31-14-18-42(19-15-31)36(46)34-23-28-6-4-5-9-33(28)47-34)35(45)43-20-16-37(17-21-43,24-44-26-39-25-40-44)29-7-2-1-3-8-29/h4-6,9-13,23,25-26,29,31-32,41H,1-3,7-8,14-22,24H2/t32-/m1/s1. The molecule has 248 valence electrons. The van der Waals surface area contributed by atoms with E-state index in [0.29, 0.717) is 36.2 Å². The van der Waals surface area contributed by atoms with Crippen molar-refractivity contribution in [3.05, 3.63) is 83.6 Å². The Morgan fingerprint density at radius 2 is 1.68 bits per heavy atom. The van der Waals surface area contributed by atoms with E-state index in [2.05, 4.69) is 20.3 Å². The highest BCUT2D eigenvalue weighted by molar-refractivity contribution is 6.30. The van der Waals surface area contributed by atoms with E-state index >= 15 is 0 Å². The van der Waals surface area contributed by atoms with Gasteiger partial charge in [0.15, 0.2) is 5.76 Å². The Morgan fingerprint density at radius 1 is 0.936 bits per heavy atom. The predicted molar refractivity (Wildman–Crippen MR) is 182 cm³/mol. The van der Waals surface area contributed by atoms with Gasteiger partial charge in [-0.3, -0.25) is 14.3 Å². The molecule has 3 aliphatic rings. The largest absolute Gasteiger partial charge is 0.451 e. The summed E-state index contributed by atoms with van der Waals surface area (Å²) in [7, 11) is 0.